The molecule has 1 heterocycles. The van der Waals surface area contributed by atoms with E-state index in [4.69, 9.17) is 5.73 Å². The first-order chi connectivity index (χ1) is 8.46. The molecule has 0 aromatic heterocycles. The van der Waals surface area contributed by atoms with Crippen LogP contribution in [0.5, 0.6) is 0 Å². The molecular weight excluding hydrogens is 254 g/mol. The lowest BCUT2D eigenvalue weighted by Crippen LogP contribution is -2.60. The highest BCUT2D eigenvalue weighted by atomic mass is 32.2. The van der Waals surface area contributed by atoms with Gasteiger partial charge in [0.2, 0.25) is 5.91 Å². The van der Waals surface area contributed by atoms with Crippen LogP contribution in [0.1, 0.15) is 44.9 Å². The number of amides is 1. The highest BCUT2D eigenvalue weighted by molar-refractivity contribution is 7.87. The summed E-state index contributed by atoms with van der Waals surface area (Å²) in [6.07, 6.45) is 5.48. The van der Waals surface area contributed by atoms with Gasteiger partial charge in [-0.25, -0.2) is 0 Å². The molecule has 0 aromatic rings. The molecule has 1 saturated carbocycles. The fourth-order valence-electron chi connectivity index (χ4n) is 2.79. The van der Waals surface area contributed by atoms with E-state index in [-0.39, 0.29) is 0 Å². The first-order valence-corrected chi connectivity index (χ1v) is 7.99. The first-order valence-electron chi connectivity index (χ1n) is 6.55. The van der Waals surface area contributed by atoms with Gasteiger partial charge in [-0.05, 0) is 25.7 Å². The predicted octanol–water partition coefficient (Wildman–Crippen LogP) is 0.105. The average molecular weight is 275 g/mol. The van der Waals surface area contributed by atoms with Gasteiger partial charge in [0.1, 0.15) is 5.54 Å². The zero-order valence-electron chi connectivity index (χ0n) is 10.5. The van der Waals surface area contributed by atoms with Crippen molar-refractivity contribution in [3.63, 3.8) is 0 Å². The molecule has 18 heavy (non-hydrogen) atoms. The van der Waals surface area contributed by atoms with Crippen LogP contribution in [-0.2, 0) is 15.0 Å². The van der Waals surface area contributed by atoms with Crippen molar-refractivity contribution < 1.29 is 13.2 Å². The molecule has 0 spiro atoms. The number of hydrogen-bond acceptors (Lipinski definition) is 3. The molecule has 0 aromatic carbocycles. The lowest BCUT2D eigenvalue weighted by Gasteiger charge is -2.35. The van der Waals surface area contributed by atoms with Gasteiger partial charge < -0.3 is 5.73 Å². The van der Waals surface area contributed by atoms with E-state index in [1.54, 1.807) is 0 Å². The van der Waals surface area contributed by atoms with E-state index in [1.807, 2.05) is 0 Å². The standard InChI is InChI=1S/C11H21N3O3S/c12-10(15)11(6-2-1-3-7-11)13-18(16,17)14-8-4-5-9-14/h13H,1-9H2,(H2,12,15). The number of primary amides is 1. The van der Waals surface area contributed by atoms with Crippen molar-refractivity contribution in [3.05, 3.63) is 0 Å². The third kappa shape index (κ3) is 2.67. The van der Waals surface area contributed by atoms with E-state index >= 15 is 0 Å². The van der Waals surface area contributed by atoms with Crippen LogP contribution in [-0.4, -0.2) is 37.3 Å². The number of hydrogen-bond donors (Lipinski definition) is 2. The molecule has 1 aliphatic heterocycles. The lowest BCUT2D eigenvalue weighted by atomic mass is 9.82. The van der Waals surface area contributed by atoms with Crippen molar-refractivity contribution in [2.24, 2.45) is 5.73 Å². The van der Waals surface area contributed by atoms with Crippen LogP contribution in [0.3, 0.4) is 0 Å². The Morgan fingerprint density at radius 1 is 1.06 bits per heavy atom. The van der Waals surface area contributed by atoms with E-state index in [0.717, 1.165) is 32.1 Å². The highest BCUT2D eigenvalue weighted by Gasteiger charge is 2.43. The SMILES string of the molecule is NC(=O)C1(NS(=O)(=O)N2CCCC2)CCCCC1. The number of carbonyl (C=O) groups is 1. The minimum absolute atomic E-state index is 0.509. The normalized spacial score (nSPS) is 25.1. The quantitative estimate of drug-likeness (QED) is 0.762. The Morgan fingerprint density at radius 2 is 1.61 bits per heavy atom. The summed E-state index contributed by atoms with van der Waals surface area (Å²) in [6.45, 7) is 1.06. The van der Waals surface area contributed by atoms with Gasteiger partial charge in [-0.3, -0.25) is 4.79 Å². The topological polar surface area (TPSA) is 92.5 Å². The minimum atomic E-state index is -3.58. The van der Waals surface area contributed by atoms with E-state index in [2.05, 4.69) is 4.72 Å². The van der Waals surface area contributed by atoms with Crippen molar-refractivity contribution in [1.82, 2.24) is 9.03 Å². The Balaban J connectivity index is 2.15. The number of nitrogens with two attached hydrogens (primary N) is 1. The summed E-state index contributed by atoms with van der Waals surface area (Å²) in [5.74, 6) is -0.551. The first kappa shape index (κ1) is 13.8. The molecule has 3 N–H and O–H groups in total. The summed E-state index contributed by atoms with van der Waals surface area (Å²) in [5, 5.41) is 0. The molecule has 1 amide bonds. The van der Waals surface area contributed by atoms with Crippen molar-refractivity contribution in [2.75, 3.05) is 13.1 Å². The van der Waals surface area contributed by atoms with Gasteiger partial charge in [-0.15, -0.1) is 0 Å². The molecule has 1 saturated heterocycles. The average Bonchev–Trinajstić information content (AvgIpc) is 2.83. The molecule has 6 nitrogen and oxygen atoms in total. The summed E-state index contributed by atoms with van der Waals surface area (Å²) >= 11 is 0. The summed E-state index contributed by atoms with van der Waals surface area (Å²) in [6, 6.07) is 0. The van der Waals surface area contributed by atoms with Crippen LogP contribution in [0.15, 0.2) is 0 Å². The molecule has 2 rings (SSSR count). The molecule has 1 aliphatic carbocycles. The summed E-state index contributed by atoms with van der Waals surface area (Å²) in [7, 11) is -3.58. The number of nitrogens with zero attached hydrogens (tertiary/aromatic N) is 1. The Bertz CT molecular complexity index is 409. The lowest BCUT2D eigenvalue weighted by molar-refractivity contribution is -0.124. The fourth-order valence-corrected chi connectivity index (χ4v) is 4.46. The number of nitrogens with one attached hydrogen (secondary N) is 1. The molecule has 2 fully saturated rings. The van der Waals surface area contributed by atoms with Crippen LogP contribution in [0, 0.1) is 0 Å². The Morgan fingerprint density at radius 3 is 2.11 bits per heavy atom. The van der Waals surface area contributed by atoms with Crippen molar-refractivity contribution in [3.8, 4) is 0 Å². The predicted molar refractivity (Wildman–Crippen MR) is 67.9 cm³/mol. The largest absolute Gasteiger partial charge is 0.368 e. The van der Waals surface area contributed by atoms with Crippen LogP contribution in [0.25, 0.3) is 0 Å². The second-order valence-electron chi connectivity index (χ2n) is 5.22. The van der Waals surface area contributed by atoms with Gasteiger partial charge in [0.15, 0.2) is 0 Å². The minimum Gasteiger partial charge on any atom is -0.368 e. The van der Waals surface area contributed by atoms with Crippen LogP contribution < -0.4 is 10.5 Å². The molecule has 0 unspecified atom stereocenters. The van der Waals surface area contributed by atoms with Gasteiger partial charge >= 0.3 is 0 Å². The van der Waals surface area contributed by atoms with Crippen molar-refractivity contribution in [1.29, 1.82) is 0 Å². The number of rotatable bonds is 4. The van der Waals surface area contributed by atoms with E-state index in [9.17, 15) is 13.2 Å². The monoisotopic (exact) mass is 275 g/mol. The Labute approximate surface area is 108 Å². The van der Waals surface area contributed by atoms with Crippen molar-refractivity contribution >= 4 is 16.1 Å². The molecule has 0 bridgehead atoms. The van der Waals surface area contributed by atoms with Crippen LogP contribution in [0.2, 0.25) is 0 Å². The number of carbonyl (C=O) groups excluding carboxylic acids is 1. The van der Waals surface area contributed by atoms with E-state index in [1.165, 1.54) is 4.31 Å². The zero-order valence-corrected chi connectivity index (χ0v) is 11.3. The third-order valence-electron chi connectivity index (χ3n) is 3.91. The fraction of sp³-hybridized carbons (Fsp3) is 0.909. The third-order valence-corrected chi connectivity index (χ3v) is 5.60. The summed E-state index contributed by atoms with van der Waals surface area (Å²) in [5.41, 5.74) is 4.35. The van der Waals surface area contributed by atoms with Gasteiger partial charge in [-0.1, -0.05) is 19.3 Å². The molecule has 0 atom stereocenters. The molecule has 2 aliphatic rings. The zero-order chi connectivity index (χ0) is 13.2. The molecule has 104 valence electrons. The van der Waals surface area contributed by atoms with Crippen molar-refractivity contribution in [2.45, 2.75) is 50.5 Å². The van der Waals surface area contributed by atoms with Gasteiger partial charge in [0.25, 0.3) is 10.2 Å². The van der Waals surface area contributed by atoms with Crippen LogP contribution in [0.4, 0.5) is 0 Å². The second-order valence-corrected chi connectivity index (χ2v) is 6.89. The summed E-state index contributed by atoms with van der Waals surface area (Å²) < 4.78 is 28.4. The smallest absolute Gasteiger partial charge is 0.280 e. The van der Waals surface area contributed by atoms with Gasteiger partial charge in [-0.2, -0.15) is 17.4 Å². The van der Waals surface area contributed by atoms with Crippen LogP contribution >= 0.6 is 0 Å². The summed E-state index contributed by atoms with van der Waals surface area (Å²) in [4.78, 5) is 11.6. The highest BCUT2D eigenvalue weighted by Crippen LogP contribution is 2.29. The maximum absolute atomic E-state index is 12.2. The Hall–Kier alpha value is -0.660. The Kier molecular flexibility index (Phi) is 3.93. The second kappa shape index (κ2) is 5.14. The molecule has 7 heteroatoms. The maximum Gasteiger partial charge on any atom is 0.280 e. The van der Waals surface area contributed by atoms with E-state index < -0.39 is 21.7 Å². The van der Waals surface area contributed by atoms with Gasteiger partial charge in [0, 0.05) is 13.1 Å². The van der Waals surface area contributed by atoms with E-state index in [0.29, 0.717) is 25.9 Å². The van der Waals surface area contributed by atoms with Gasteiger partial charge in [0.05, 0.1) is 0 Å². The maximum atomic E-state index is 12.2. The molecular formula is C11H21N3O3S. The molecule has 0 radical (unpaired) electrons.